The Morgan fingerprint density at radius 2 is 2.16 bits per heavy atom. The summed E-state index contributed by atoms with van der Waals surface area (Å²) in [5.41, 5.74) is -0.942. The van der Waals surface area contributed by atoms with Crippen molar-refractivity contribution >= 4 is 0 Å². The number of aliphatic hydroxyl groups excluding tert-OH is 3. The molecule has 1 aromatic rings. The van der Waals surface area contributed by atoms with Gasteiger partial charge in [0.25, 0.3) is 5.56 Å². The van der Waals surface area contributed by atoms with Crippen LogP contribution in [-0.4, -0.2) is 50.3 Å². The molecule has 1 aliphatic rings. The molecule has 3 unspecified atom stereocenters. The van der Waals surface area contributed by atoms with Gasteiger partial charge in [0, 0.05) is 31.2 Å². The van der Waals surface area contributed by atoms with Gasteiger partial charge < -0.3 is 20.1 Å². The average Bonchev–Trinajstić information content (AvgIpc) is 2.74. The highest BCUT2D eigenvalue weighted by atomic mass is 16.5. The quantitative estimate of drug-likeness (QED) is 0.489. The van der Waals surface area contributed by atoms with Crippen LogP contribution < -0.4 is 11.2 Å². The van der Waals surface area contributed by atoms with Crippen LogP contribution in [0.4, 0.5) is 0 Å². The Labute approximate surface area is 107 Å². The van der Waals surface area contributed by atoms with Crippen molar-refractivity contribution < 1.29 is 20.1 Å². The average molecular weight is 272 g/mol. The van der Waals surface area contributed by atoms with E-state index in [4.69, 9.17) is 14.9 Å². The van der Waals surface area contributed by atoms with Crippen LogP contribution >= 0.6 is 0 Å². The number of ether oxygens (including phenoxy) is 1. The molecule has 0 radical (unpaired) electrons. The van der Waals surface area contributed by atoms with Gasteiger partial charge in [-0.3, -0.25) is 14.3 Å². The Hall–Kier alpha value is -1.48. The first-order chi connectivity index (χ1) is 9.06. The summed E-state index contributed by atoms with van der Waals surface area (Å²) >= 11 is 0. The highest BCUT2D eigenvalue weighted by Crippen LogP contribution is 2.27. The molecule has 8 nitrogen and oxygen atoms in total. The van der Waals surface area contributed by atoms with Crippen LogP contribution in [0.3, 0.4) is 0 Å². The first-order valence-corrected chi connectivity index (χ1v) is 5.96. The lowest BCUT2D eigenvalue weighted by Gasteiger charge is -2.15. The first-order valence-electron chi connectivity index (χ1n) is 5.96. The lowest BCUT2D eigenvalue weighted by Crippen LogP contribution is -2.34. The van der Waals surface area contributed by atoms with E-state index in [-0.39, 0.29) is 31.6 Å². The molecule has 8 heteroatoms. The summed E-state index contributed by atoms with van der Waals surface area (Å²) in [5.74, 6) is 0. The van der Waals surface area contributed by atoms with Crippen LogP contribution in [0, 0.1) is 0 Å². The fourth-order valence-corrected chi connectivity index (χ4v) is 2.09. The minimum Gasteiger partial charge on any atom is -0.396 e. The molecule has 0 amide bonds. The topological polar surface area (TPSA) is 125 Å². The molecule has 3 atom stereocenters. The molecule has 106 valence electrons. The second-order valence-electron chi connectivity index (χ2n) is 4.41. The number of aliphatic hydroxyl groups is 3. The van der Waals surface area contributed by atoms with E-state index in [9.17, 15) is 14.7 Å². The number of rotatable bonds is 4. The minimum atomic E-state index is -0.866. The third kappa shape index (κ3) is 2.76. The summed E-state index contributed by atoms with van der Waals surface area (Å²) in [5, 5.41) is 27.5. The van der Waals surface area contributed by atoms with E-state index in [1.807, 2.05) is 0 Å². The number of nitrogens with zero attached hydrogens (tertiary/aromatic N) is 1. The monoisotopic (exact) mass is 272 g/mol. The molecule has 0 bridgehead atoms. The zero-order valence-corrected chi connectivity index (χ0v) is 10.2. The molecule has 1 aliphatic heterocycles. The van der Waals surface area contributed by atoms with Crippen molar-refractivity contribution in [1.82, 2.24) is 9.55 Å². The van der Waals surface area contributed by atoms with Crippen molar-refractivity contribution in [2.24, 2.45) is 0 Å². The molecular weight excluding hydrogens is 256 g/mol. The van der Waals surface area contributed by atoms with Crippen LogP contribution in [0.2, 0.25) is 0 Å². The number of aromatic amines is 1. The van der Waals surface area contributed by atoms with Gasteiger partial charge in [0.15, 0.2) is 0 Å². The Balaban J connectivity index is 2.33. The van der Waals surface area contributed by atoms with E-state index >= 15 is 0 Å². The predicted molar refractivity (Wildman–Crippen MR) is 63.7 cm³/mol. The van der Waals surface area contributed by atoms with Crippen molar-refractivity contribution in [3.63, 3.8) is 0 Å². The maximum atomic E-state index is 11.7. The molecule has 4 N–H and O–H groups in total. The van der Waals surface area contributed by atoms with E-state index < -0.39 is 29.7 Å². The highest BCUT2D eigenvalue weighted by molar-refractivity contribution is 5.05. The van der Waals surface area contributed by atoms with E-state index in [1.165, 1.54) is 6.20 Å². The zero-order valence-electron chi connectivity index (χ0n) is 10.2. The normalized spacial score (nSPS) is 26.8. The summed E-state index contributed by atoms with van der Waals surface area (Å²) in [7, 11) is 0. The molecule has 1 saturated heterocycles. The number of hydrogen-bond acceptors (Lipinski definition) is 6. The third-order valence-electron chi connectivity index (χ3n) is 3.12. The fourth-order valence-electron chi connectivity index (χ4n) is 2.09. The first kappa shape index (κ1) is 13.9. The summed E-state index contributed by atoms with van der Waals surface area (Å²) < 4.78 is 6.50. The fraction of sp³-hybridized carbons (Fsp3) is 0.636. The maximum absolute atomic E-state index is 11.7. The molecule has 1 fully saturated rings. The molecule has 1 aromatic heterocycles. The van der Waals surface area contributed by atoms with Crippen molar-refractivity contribution in [3.8, 4) is 0 Å². The SMILES string of the molecule is O=c1[nH]c(=O)n(C2CC(O)C(CO)O2)cc1CCO. The largest absolute Gasteiger partial charge is 0.396 e. The minimum absolute atomic E-state index is 0.119. The van der Waals surface area contributed by atoms with Crippen molar-refractivity contribution in [2.45, 2.75) is 31.3 Å². The second-order valence-corrected chi connectivity index (χ2v) is 4.41. The van der Waals surface area contributed by atoms with Gasteiger partial charge in [-0.15, -0.1) is 0 Å². The summed E-state index contributed by atoms with van der Waals surface area (Å²) in [4.78, 5) is 25.3. The van der Waals surface area contributed by atoms with Crippen LogP contribution in [-0.2, 0) is 11.2 Å². The lowest BCUT2D eigenvalue weighted by atomic mass is 10.2. The van der Waals surface area contributed by atoms with Crippen LogP contribution in [0.1, 0.15) is 18.2 Å². The van der Waals surface area contributed by atoms with Gasteiger partial charge in [-0.1, -0.05) is 0 Å². The number of nitrogens with one attached hydrogen (secondary N) is 1. The third-order valence-corrected chi connectivity index (χ3v) is 3.12. The van der Waals surface area contributed by atoms with Gasteiger partial charge in [-0.25, -0.2) is 4.79 Å². The summed E-state index contributed by atoms with van der Waals surface area (Å²) in [6.07, 6.45) is -0.771. The van der Waals surface area contributed by atoms with Crippen molar-refractivity contribution in [2.75, 3.05) is 13.2 Å². The molecule has 2 rings (SSSR count). The van der Waals surface area contributed by atoms with Crippen molar-refractivity contribution in [3.05, 3.63) is 32.6 Å². The number of hydrogen-bond donors (Lipinski definition) is 4. The molecule has 0 aromatic carbocycles. The van der Waals surface area contributed by atoms with Gasteiger partial charge in [0.1, 0.15) is 12.3 Å². The van der Waals surface area contributed by atoms with E-state index in [0.29, 0.717) is 0 Å². The van der Waals surface area contributed by atoms with Gasteiger partial charge >= 0.3 is 5.69 Å². The zero-order chi connectivity index (χ0) is 14.0. The van der Waals surface area contributed by atoms with Gasteiger partial charge in [-0.05, 0) is 0 Å². The molecular formula is C11H16N2O6. The number of aromatic nitrogens is 2. The molecule has 19 heavy (non-hydrogen) atoms. The van der Waals surface area contributed by atoms with Crippen LogP contribution in [0.15, 0.2) is 15.8 Å². The van der Waals surface area contributed by atoms with Gasteiger partial charge in [0.2, 0.25) is 0 Å². The molecule has 0 spiro atoms. The Kier molecular flexibility index (Phi) is 4.15. The molecule has 2 heterocycles. The highest BCUT2D eigenvalue weighted by Gasteiger charge is 2.35. The van der Waals surface area contributed by atoms with Crippen LogP contribution in [0.25, 0.3) is 0 Å². The van der Waals surface area contributed by atoms with Gasteiger partial charge in [0.05, 0.1) is 12.7 Å². The molecule has 0 aliphatic carbocycles. The second kappa shape index (κ2) is 5.66. The van der Waals surface area contributed by atoms with Gasteiger partial charge in [-0.2, -0.15) is 0 Å². The van der Waals surface area contributed by atoms with Crippen molar-refractivity contribution in [1.29, 1.82) is 0 Å². The van der Waals surface area contributed by atoms with Crippen LogP contribution in [0.5, 0.6) is 0 Å². The standard InChI is InChI=1S/C11H16N2O6/c14-2-1-6-4-13(11(18)12-10(6)17)9-3-7(16)8(5-15)19-9/h4,7-9,14-16H,1-3,5H2,(H,12,17,18). The van der Waals surface area contributed by atoms with E-state index in [2.05, 4.69) is 4.98 Å². The number of H-pyrrole nitrogens is 1. The predicted octanol–water partition coefficient (Wildman–Crippen LogP) is -2.29. The lowest BCUT2D eigenvalue weighted by molar-refractivity contribution is -0.0460. The maximum Gasteiger partial charge on any atom is 0.330 e. The van der Waals surface area contributed by atoms with E-state index in [1.54, 1.807) is 0 Å². The van der Waals surface area contributed by atoms with E-state index in [0.717, 1.165) is 4.57 Å². The summed E-state index contributed by atoms with van der Waals surface area (Å²) in [6, 6.07) is 0. The smallest absolute Gasteiger partial charge is 0.330 e. The summed E-state index contributed by atoms with van der Waals surface area (Å²) in [6.45, 7) is -0.562. The molecule has 0 saturated carbocycles. The Bertz CT molecular complexity index is 551. The Morgan fingerprint density at radius 3 is 2.74 bits per heavy atom. The Morgan fingerprint density at radius 1 is 1.42 bits per heavy atom.